The van der Waals surface area contributed by atoms with Gasteiger partial charge < -0.3 is 10.6 Å². The van der Waals surface area contributed by atoms with Gasteiger partial charge >= 0.3 is 0 Å². The number of benzene rings is 2. The molecule has 0 bridgehead atoms. The molecule has 0 unspecified atom stereocenters. The van der Waals surface area contributed by atoms with Gasteiger partial charge in [0.15, 0.2) is 0 Å². The molecular weight excluding hydrogens is 412 g/mol. The van der Waals surface area contributed by atoms with Crippen LogP contribution >= 0.6 is 27.7 Å². The average molecular weight is 435 g/mol. The molecule has 0 saturated carbocycles. The zero-order valence-electron chi connectivity index (χ0n) is 15.4. The lowest BCUT2D eigenvalue weighted by atomic mass is 10.1. The molecule has 0 radical (unpaired) electrons. The molecule has 0 heterocycles. The molecule has 0 aromatic heterocycles. The molecule has 0 spiro atoms. The van der Waals surface area contributed by atoms with Crippen molar-refractivity contribution in [2.45, 2.75) is 38.1 Å². The molecule has 2 amide bonds. The van der Waals surface area contributed by atoms with Crippen LogP contribution in [0.1, 0.15) is 36.7 Å². The number of hydrogen-bond acceptors (Lipinski definition) is 3. The number of carbonyl (C=O) groups is 2. The molecule has 138 valence electrons. The first-order valence-corrected chi connectivity index (χ1v) is 10.0. The van der Waals surface area contributed by atoms with Crippen molar-refractivity contribution in [2.24, 2.45) is 0 Å². The van der Waals surface area contributed by atoms with E-state index in [4.69, 9.17) is 0 Å². The van der Waals surface area contributed by atoms with Gasteiger partial charge in [-0.05, 0) is 75.7 Å². The minimum absolute atomic E-state index is 0.0794. The Kier molecular flexibility index (Phi) is 6.89. The Hall–Kier alpha value is -1.79. The largest absolute Gasteiger partial charge is 0.347 e. The Labute approximate surface area is 167 Å². The summed E-state index contributed by atoms with van der Waals surface area (Å²) >= 11 is 4.94. The van der Waals surface area contributed by atoms with Crippen LogP contribution in [0.2, 0.25) is 0 Å². The van der Waals surface area contributed by atoms with Crippen LogP contribution in [0.5, 0.6) is 0 Å². The Morgan fingerprint density at radius 2 is 1.73 bits per heavy atom. The Bertz CT molecular complexity index is 798. The van der Waals surface area contributed by atoms with Gasteiger partial charge in [0.1, 0.15) is 0 Å². The number of anilines is 1. The van der Waals surface area contributed by atoms with Crippen LogP contribution in [0.4, 0.5) is 5.69 Å². The highest BCUT2D eigenvalue weighted by molar-refractivity contribution is 9.10. The molecule has 6 heteroatoms. The zero-order valence-corrected chi connectivity index (χ0v) is 17.8. The van der Waals surface area contributed by atoms with Crippen molar-refractivity contribution in [1.82, 2.24) is 5.32 Å². The Morgan fingerprint density at radius 1 is 1.08 bits per heavy atom. The predicted molar refractivity (Wildman–Crippen MR) is 112 cm³/mol. The second-order valence-corrected chi connectivity index (χ2v) is 8.96. The van der Waals surface area contributed by atoms with Crippen LogP contribution in [0.3, 0.4) is 0 Å². The molecule has 0 aliphatic heterocycles. The van der Waals surface area contributed by atoms with E-state index in [1.54, 1.807) is 24.3 Å². The van der Waals surface area contributed by atoms with Gasteiger partial charge in [-0.3, -0.25) is 9.59 Å². The first kappa shape index (κ1) is 20.5. The van der Waals surface area contributed by atoms with Gasteiger partial charge in [-0.1, -0.05) is 15.9 Å². The highest BCUT2D eigenvalue weighted by Crippen LogP contribution is 2.25. The standard InChI is InChI=1S/C20H23BrN2O2S/c1-13-11-15(21)7-10-17(13)26-12-18(24)22-16-8-5-14(6-9-16)19(25)23-20(2,3)4/h5-11H,12H2,1-4H3,(H,22,24)(H,23,25). The van der Waals surface area contributed by atoms with Crippen molar-refractivity contribution in [3.8, 4) is 0 Å². The molecular formula is C20H23BrN2O2S. The molecule has 0 fully saturated rings. The first-order chi connectivity index (χ1) is 12.1. The second-order valence-electron chi connectivity index (χ2n) is 7.03. The number of hydrogen-bond donors (Lipinski definition) is 2. The van der Waals surface area contributed by atoms with Gasteiger partial charge in [0, 0.05) is 26.2 Å². The minimum Gasteiger partial charge on any atom is -0.347 e. The number of thioether (sulfide) groups is 1. The van der Waals surface area contributed by atoms with E-state index in [0.29, 0.717) is 17.0 Å². The number of halogens is 1. The molecule has 26 heavy (non-hydrogen) atoms. The maximum atomic E-state index is 12.1. The lowest BCUT2D eigenvalue weighted by Crippen LogP contribution is -2.40. The Balaban J connectivity index is 1.90. The van der Waals surface area contributed by atoms with E-state index in [9.17, 15) is 9.59 Å². The number of nitrogens with one attached hydrogen (secondary N) is 2. The third-order valence-electron chi connectivity index (χ3n) is 3.42. The van der Waals surface area contributed by atoms with Gasteiger partial charge in [-0.25, -0.2) is 0 Å². The van der Waals surface area contributed by atoms with Crippen molar-refractivity contribution in [3.05, 3.63) is 58.1 Å². The molecule has 4 nitrogen and oxygen atoms in total. The number of rotatable bonds is 5. The predicted octanol–water partition coefficient (Wildman–Crippen LogP) is 5.02. The maximum absolute atomic E-state index is 12.1. The quantitative estimate of drug-likeness (QED) is 0.649. The van der Waals surface area contributed by atoms with Gasteiger partial charge in [-0.15, -0.1) is 11.8 Å². The summed E-state index contributed by atoms with van der Waals surface area (Å²) in [7, 11) is 0. The topological polar surface area (TPSA) is 58.2 Å². The molecule has 2 aromatic rings. The van der Waals surface area contributed by atoms with Crippen molar-refractivity contribution in [1.29, 1.82) is 0 Å². The summed E-state index contributed by atoms with van der Waals surface area (Å²) in [6.45, 7) is 7.82. The molecule has 0 aliphatic carbocycles. The summed E-state index contributed by atoms with van der Waals surface area (Å²) in [5, 5.41) is 5.77. The smallest absolute Gasteiger partial charge is 0.251 e. The average Bonchev–Trinajstić information content (AvgIpc) is 2.53. The lowest BCUT2D eigenvalue weighted by Gasteiger charge is -2.20. The fraction of sp³-hybridized carbons (Fsp3) is 0.300. The van der Waals surface area contributed by atoms with Crippen LogP contribution in [0, 0.1) is 6.92 Å². The van der Waals surface area contributed by atoms with E-state index in [1.807, 2.05) is 45.9 Å². The van der Waals surface area contributed by atoms with Crippen LogP contribution < -0.4 is 10.6 Å². The summed E-state index contributed by atoms with van der Waals surface area (Å²) in [5.41, 5.74) is 2.09. The van der Waals surface area contributed by atoms with Gasteiger partial charge in [0.05, 0.1) is 5.75 Å². The normalized spacial score (nSPS) is 11.1. The number of amides is 2. The summed E-state index contributed by atoms with van der Waals surface area (Å²) in [6.07, 6.45) is 0. The van der Waals surface area contributed by atoms with E-state index in [-0.39, 0.29) is 17.4 Å². The van der Waals surface area contributed by atoms with Gasteiger partial charge in [0.2, 0.25) is 5.91 Å². The zero-order chi connectivity index (χ0) is 19.3. The van der Waals surface area contributed by atoms with E-state index in [0.717, 1.165) is 14.9 Å². The van der Waals surface area contributed by atoms with Crippen LogP contribution in [-0.4, -0.2) is 23.1 Å². The maximum Gasteiger partial charge on any atom is 0.251 e. The van der Waals surface area contributed by atoms with Crippen molar-refractivity contribution in [2.75, 3.05) is 11.1 Å². The molecule has 0 atom stereocenters. The molecule has 0 saturated heterocycles. The number of aryl methyl sites for hydroxylation is 1. The molecule has 2 aromatic carbocycles. The molecule has 0 aliphatic rings. The lowest BCUT2D eigenvalue weighted by molar-refractivity contribution is -0.113. The summed E-state index contributed by atoms with van der Waals surface area (Å²) < 4.78 is 1.03. The van der Waals surface area contributed by atoms with Crippen molar-refractivity contribution >= 4 is 45.2 Å². The van der Waals surface area contributed by atoms with E-state index in [2.05, 4.69) is 26.6 Å². The Morgan fingerprint density at radius 3 is 2.31 bits per heavy atom. The van der Waals surface area contributed by atoms with E-state index >= 15 is 0 Å². The number of carbonyl (C=O) groups excluding carboxylic acids is 2. The third-order valence-corrected chi connectivity index (χ3v) is 5.08. The minimum atomic E-state index is -0.285. The first-order valence-electron chi connectivity index (χ1n) is 8.25. The SMILES string of the molecule is Cc1cc(Br)ccc1SCC(=O)Nc1ccc(C(=O)NC(C)(C)C)cc1. The summed E-state index contributed by atoms with van der Waals surface area (Å²) in [4.78, 5) is 25.3. The molecule has 2 N–H and O–H groups in total. The fourth-order valence-corrected chi connectivity index (χ4v) is 3.52. The highest BCUT2D eigenvalue weighted by atomic mass is 79.9. The van der Waals surface area contributed by atoms with Gasteiger partial charge in [0.25, 0.3) is 5.91 Å². The highest BCUT2D eigenvalue weighted by Gasteiger charge is 2.15. The fourth-order valence-electron chi connectivity index (χ4n) is 2.23. The summed E-state index contributed by atoms with van der Waals surface area (Å²) in [5.74, 6) is 0.121. The van der Waals surface area contributed by atoms with E-state index in [1.165, 1.54) is 11.8 Å². The molecule has 2 rings (SSSR count). The van der Waals surface area contributed by atoms with Crippen molar-refractivity contribution < 1.29 is 9.59 Å². The second kappa shape index (κ2) is 8.73. The van der Waals surface area contributed by atoms with Crippen molar-refractivity contribution in [3.63, 3.8) is 0 Å². The van der Waals surface area contributed by atoms with Crippen LogP contribution in [0.15, 0.2) is 51.8 Å². The summed E-state index contributed by atoms with van der Waals surface area (Å²) in [6, 6.07) is 12.9. The van der Waals surface area contributed by atoms with E-state index < -0.39 is 0 Å². The van der Waals surface area contributed by atoms with Crippen LogP contribution in [0.25, 0.3) is 0 Å². The van der Waals surface area contributed by atoms with Gasteiger partial charge in [-0.2, -0.15) is 0 Å². The van der Waals surface area contributed by atoms with Crippen LogP contribution in [-0.2, 0) is 4.79 Å². The third kappa shape index (κ3) is 6.50. The monoisotopic (exact) mass is 434 g/mol.